The summed E-state index contributed by atoms with van der Waals surface area (Å²) in [5.41, 5.74) is -5.29. The zero-order valence-corrected chi connectivity index (χ0v) is 25.6. The standard InChI is InChI=1S/C25H22F9NO8S3/c1-3-15(2)17-6-7-19-13-21(11-8-18(19)12-17)42-14-16-4-9-20(10-5-16)43-46(40,41)24(30,31)22(26,27)23(28,29)44(36,37)35-45(38,39)25(32,33)34/h4-13,15,35H,3,14H2,1-2H3. The second kappa shape index (κ2) is 12.4. The van der Waals surface area contributed by atoms with Crippen LogP contribution in [0.4, 0.5) is 39.5 Å². The minimum Gasteiger partial charge on any atom is -0.489 e. The smallest absolute Gasteiger partial charge is 0.489 e. The van der Waals surface area contributed by atoms with E-state index in [4.69, 9.17) is 4.74 Å². The van der Waals surface area contributed by atoms with E-state index < -0.39 is 62.0 Å². The average molecular weight is 732 g/mol. The zero-order chi connectivity index (χ0) is 35.1. The van der Waals surface area contributed by atoms with Crippen LogP contribution in [0.1, 0.15) is 37.3 Å². The van der Waals surface area contributed by atoms with Crippen molar-refractivity contribution in [2.45, 2.75) is 54.7 Å². The van der Waals surface area contributed by atoms with Gasteiger partial charge in [-0.1, -0.05) is 54.4 Å². The van der Waals surface area contributed by atoms with Crippen LogP contribution in [-0.4, -0.2) is 47.2 Å². The van der Waals surface area contributed by atoms with Crippen molar-refractivity contribution >= 4 is 40.9 Å². The Balaban J connectivity index is 1.76. The van der Waals surface area contributed by atoms with Crippen LogP contribution in [-0.2, 0) is 36.8 Å². The minimum absolute atomic E-state index is 0.199. The molecule has 0 aromatic heterocycles. The molecule has 0 aliphatic heterocycles. The number of hydrogen-bond donors (Lipinski definition) is 1. The lowest BCUT2D eigenvalue weighted by atomic mass is 9.96. The Morgan fingerprint density at radius 1 is 0.696 bits per heavy atom. The molecule has 0 heterocycles. The van der Waals surface area contributed by atoms with Crippen LogP contribution in [0.3, 0.4) is 0 Å². The normalized spacial score (nSPS) is 14.7. The van der Waals surface area contributed by atoms with Crippen molar-refractivity contribution in [2.75, 3.05) is 0 Å². The largest absolute Gasteiger partial charge is 0.512 e. The molecule has 3 aromatic rings. The van der Waals surface area contributed by atoms with Crippen LogP contribution >= 0.6 is 0 Å². The number of halogens is 9. The Labute approximate surface area is 256 Å². The van der Waals surface area contributed by atoms with Crippen LogP contribution in [0, 0.1) is 0 Å². The first-order valence-corrected chi connectivity index (χ1v) is 16.8. The van der Waals surface area contributed by atoms with E-state index in [2.05, 4.69) is 18.0 Å². The lowest BCUT2D eigenvalue weighted by molar-refractivity contribution is -0.245. The van der Waals surface area contributed by atoms with Crippen LogP contribution in [0.15, 0.2) is 60.7 Å². The Morgan fingerprint density at radius 2 is 1.22 bits per heavy atom. The summed E-state index contributed by atoms with van der Waals surface area (Å²) in [6.07, 6.45) is 0.942. The Morgan fingerprint density at radius 3 is 1.76 bits per heavy atom. The van der Waals surface area contributed by atoms with Crippen LogP contribution in [0.5, 0.6) is 11.5 Å². The molecule has 0 radical (unpaired) electrons. The summed E-state index contributed by atoms with van der Waals surface area (Å²) in [5, 5.41) is -12.8. The lowest BCUT2D eigenvalue weighted by Gasteiger charge is -2.31. The molecule has 0 amide bonds. The van der Waals surface area contributed by atoms with Gasteiger partial charge in [-0.2, -0.15) is 47.9 Å². The van der Waals surface area contributed by atoms with E-state index >= 15 is 0 Å². The molecule has 3 rings (SSSR count). The van der Waals surface area contributed by atoms with E-state index in [9.17, 15) is 64.8 Å². The number of sulfonamides is 2. The highest BCUT2D eigenvalue weighted by Crippen LogP contribution is 2.51. The number of rotatable bonds is 13. The fourth-order valence-corrected chi connectivity index (χ4v) is 6.99. The second-order valence-corrected chi connectivity index (χ2v) is 14.9. The van der Waals surface area contributed by atoms with E-state index in [-0.39, 0.29) is 12.2 Å². The third kappa shape index (κ3) is 7.00. The molecular weight excluding hydrogens is 709 g/mol. The maximum absolute atomic E-state index is 14.3. The molecule has 46 heavy (non-hydrogen) atoms. The number of benzene rings is 3. The van der Waals surface area contributed by atoms with Gasteiger partial charge in [-0.25, -0.2) is 16.8 Å². The molecule has 0 bridgehead atoms. The first-order chi connectivity index (χ1) is 20.8. The Hall–Kier alpha value is -3.30. The maximum Gasteiger partial charge on any atom is 0.512 e. The number of fused-ring (bicyclic) bond motifs is 1. The van der Waals surface area contributed by atoms with Crippen LogP contribution in [0.2, 0.25) is 0 Å². The summed E-state index contributed by atoms with van der Waals surface area (Å²) < 4.78 is 199. The molecule has 9 nitrogen and oxygen atoms in total. The number of hydrogen-bond acceptors (Lipinski definition) is 8. The van der Waals surface area contributed by atoms with E-state index in [1.807, 2.05) is 18.2 Å². The monoisotopic (exact) mass is 731 g/mol. The highest BCUT2D eigenvalue weighted by Gasteiger charge is 2.83. The van der Waals surface area contributed by atoms with Gasteiger partial charge >= 0.3 is 42.1 Å². The molecular formula is C25H22F9NO8S3. The van der Waals surface area contributed by atoms with Gasteiger partial charge in [0.05, 0.1) is 0 Å². The van der Waals surface area contributed by atoms with Crippen molar-refractivity contribution < 1.29 is 73.7 Å². The Bertz CT molecular complexity index is 1920. The lowest BCUT2D eigenvalue weighted by Crippen LogP contribution is -2.64. The molecule has 0 saturated carbocycles. The summed E-state index contributed by atoms with van der Waals surface area (Å²) in [4.78, 5) is 0. The van der Waals surface area contributed by atoms with Crippen molar-refractivity contribution in [1.82, 2.24) is 4.13 Å². The van der Waals surface area contributed by atoms with Crippen molar-refractivity contribution in [3.05, 3.63) is 71.8 Å². The highest BCUT2D eigenvalue weighted by atomic mass is 32.3. The Kier molecular flexibility index (Phi) is 10.0. The quantitative estimate of drug-likeness (QED) is 0.162. The molecule has 0 aliphatic rings. The van der Waals surface area contributed by atoms with E-state index in [1.165, 1.54) is 0 Å². The first kappa shape index (κ1) is 37.2. The third-order valence-corrected chi connectivity index (χ3v) is 11.1. The van der Waals surface area contributed by atoms with Crippen LogP contribution in [0.25, 0.3) is 10.8 Å². The molecule has 0 spiro atoms. The predicted molar refractivity (Wildman–Crippen MR) is 145 cm³/mol. The SMILES string of the molecule is CCC(C)c1ccc2cc(OCc3ccc(OS(=O)(=O)C(F)(F)C(F)(F)C(F)(F)S(=O)(=O)NS(=O)(=O)C(F)(F)F)cc3)ccc2c1. The topological polar surface area (TPSA) is 133 Å². The first-order valence-electron chi connectivity index (χ1n) is 12.5. The van der Waals surface area contributed by atoms with Gasteiger partial charge in [-0.3, -0.25) is 0 Å². The van der Waals surface area contributed by atoms with Gasteiger partial charge in [0.25, 0.3) is 10.0 Å². The van der Waals surface area contributed by atoms with E-state index in [0.29, 0.717) is 23.8 Å². The van der Waals surface area contributed by atoms with Gasteiger partial charge in [0.2, 0.25) is 0 Å². The van der Waals surface area contributed by atoms with Crippen LogP contribution < -0.4 is 13.0 Å². The summed E-state index contributed by atoms with van der Waals surface area (Å²) in [6.45, 7) is 3.94. The third-order valence-electron chi connectivity index (χ3n) is 6.46. The minimum atomic E-state index is -7.88. The van der Waals surface area contributed by atoms with Crippen molar-refractivity contribution in [3.8, 4) is 11.5 Å². The average Bonchev–Trinajstić information content (AvgIpc) is 2.94. The molecule has 1 unspecified atom stereocenters. The zero-order valence-electron chi connectivity index (χ0n) is 23.2. The molecule has 21 heteroatoms. The number of alkyl halides is 9. The van der Waals surface area contributed by atoms with Crippen molar-refractivity contribution in [1.29, 1.82) is 0 Å². The van der Waals surface area contributed by atoms with Gasteiger partial charge in [0.15, 0.2) is 0 Å². The molecule has 0 aliphatic carbocycles. The predicted octanol–water partition coefficient (Wildman–Crippen LogP) is 6.23. The van der Waals surface area contributed by atoms with E-state index in [0.717, 1.165) is 34.9 Å². The summed E-state index contributed by atoms with van der Waals surface area (Å²) in [6, 6.07) is 14.3. The highest BCUT2D eigenvalue weighted by molar-refractivity contribution is 8.05. The van der Waals surface area contributed by atoms with Gasteiger partial charge < -0.3 is 8.92 Å². The number of ether oxygens (including phenoxy) is 1. The molecule has 3 aromatic carbocycles. The molecule has 1 atom stereocenters. The van der Waals surface area contributed by atoms with E-state index in [1.54, 1.807) is 18.2 Å². The van der Waals surface area contributed by atoms with Gasteiger partial charge in [-0.05, 0) is 58.5 Å². The van der Waals surface area contributed by atoms with Gasteiger partial charge in [0.1, 0.15) is 18.1 Å². The fourth-order valence-electron chi connectivity index (χ4n) is 3.60. The fraction of sp³-hybridized carbons (Fsp3) is 0.360. The summed E-state index contributed by atoms with van der Waals surface area (Å²) in [7, 11) is -22.5. The molecule has 256 valence electrons. The van der Waals surface area contributed by atoms with Gasteiger partial charge in [0, 0.05) is 0 Å². The van der Waals surface area contributed by atoms with Crippen molar-refractivity contribution in [3.63, 3.8) is 0 Å². The van der Waals surface area contributed by atoms with Crippen molar-refractivity contribution in [2.24, 2.45) is 0 Å². The maximum atomic E-state index is 14.3. The second-order valence-electron chi connectivity index (χ2n) is 9.69. The molecule has 1 N–H and O–H groups in total. The summed E-state index contributed by atoms with van der Waals surface area (Å²) >= 11 is 0. The number of nitrogens with one attached hydrogen (secondary N) is 1. The van der Waals surface area contributed by atoms with Gasteiger partial charge in [-0.15, -0.1) is 0 Å². The molecule has 0 fully saturated rings. The summed E-state index contributed by atoms with van der Waals surface area (Å²) in [5.74, 6) is -8.01. The molecule has 0 saturated heterocycles.